The molecule has 0 atom stereocenters. The quantitative estimate of drug-likeness (QED) is 0.238. The van der Waals surface area contributed by atoms with Crippen molar-refractivity contribution in [2.24, 2.45) is 0 Å². The lowest BCUT2D eigenvalue weighted by molar-refractivity contribution is 0.885. The van der Waals surface area contributed by atoms with Gasteiger partial charge in [0.1, 0.15) is 0 Å². The van der Waals surface area contributed by atoms with Crippen LogP contribution >= 0.6 is 0 Å². The Hall–Kier alpha value is -5.40. The number of aromatic nitrogens is 3. The van der Waals surface area contributed by atoms with Crippen LogP contribution in [0.4, 0.5) is 0 Å². The van der Waals surface area contributed by atoms with Gasteiger partial charge in [-0.15, -0.1) is 0 Å². The molecule has 3 aromatic heterocycles. The van der Waals surface area contributed by atoms with Gasteiger partial charge in [0.2, 0.25) is 0 Å². The van der Waals surface area contributed by atoms with Crippen molar-refractivity contribution in [2.75, 3.05) is 0 Å². The van der Waals surface area contributed by atoms with Crippen LogP contribution < -0.4 is 0 Å². The highest BCUT2D eigenvalue weighted by atomic mass is 15.0. The molecule has 0 unspecified atom stereocenters. The molecule has 8 rings (SSSR count). The summed E-state index contributed by atoms with van der Waals surface area (Å²) in [5, 5.41) is 13.9. The molecule has 40 heavy (non-hydrogen) atoms. The fraction of sp³-hybridized carbons (Fsp3) is 0.0556. The molecule has 0 radical (unpaired) electrons. The lowest BCUT2D eigenvalue weighted by atomic mass is 9.98. The summed E-state index contributed by atoms with van der Waals surface area (Å²) in [6.45, 7) is 0. The Bertz CT molecular complexity index is 2130. The summed E-state index contributed by atoms with van der Waals surface area (Å²) in [5.74, 6) is 0. The van der Waals surface area contributed by atoms with E-state index in [-0.39, 0.29) is 0 Å². The highest BCUT2D eigenvalue weighted by Crippen LogP contribution is 2.39. The molecule has 0 fully saturated rings. The fourth-order valence-electron chi connectivity index (χ4n) is 6.46. The molecule has 4 heteroatoms. The Morgan fingerprint density at radius 1 is 0.700 bits per heavy atom. The zero-order valence-electron chi connectivity index (χ0n) is 21.8. The largest absolute Gasteiger partial charge is 0.311 e. The van der Waals surface area contributed by atoms with Crippen LogP contribution in [-0.2, 0) is 6.42 Å². The van der Waals surface area contributed by atoms with E-state index in [1.807, 2.05) is 24.5 Å². The Morgan fingerprint density at radius 2 is 1.38 bits per heavy atom. The predicted octanol–water partition coefficient (Wildman–Crippen LogP) is 8.62. The Balaban J connectivity index is 1.41. The van der Waals surface area contributed by atoms with E-state index in [9.17, 15) is 5.26 Å². The predicted molar refractivity (Wildman–Crippen MR) is 163 cm³/mol. The van der Waals surface area contributed by atoms with Gasteiger partial charge in [-0.05, 0) is 49.2 Å². The number of hydrogen-bond donors (Lipinski definition) is 0. The SMILES string of the molecule is N#Cc1cccc(-n2c3ccccc3c3ccccc32)c1-c1cncc(-n2c3c(c4ccccc42)C=CCC3)c1. The molecule has 0 saturated carbocycles. The minimum atomic E-state index is 0.626. The number of allylic oxidation sites excluding steroid dienone is 1. The van der Waals surface area contributed by atoms with Crippen molar-refractivity contribution < 1.29 is 0 Å². The minimum absolute atomic E-state index is 0.626. The third-order valence-corrected chi connectivity index (χ3v) is 8.10. The monoisotopic (exact) mass is 512 g/mol. The summed E-state index contributed by atoms with van der Waals surface area (Å²) < 4.78 is 4.63. The van der Waals surface area contributed by atoms with Gasteiger partial charge in [-0.25, -0.2) is 0 Å². The normalized spacial score (nSPS) is 12.7. The van der Waals surface area contributed by atoms with Gasteiger partial charge in [0.05, 0.1) is 45.8 Å². The topological polar surface area (TPSA) is 46.5 Å². The summed E-state index contributed by atoms with van der Waals surface area (Å²) in [6.07, 6.45) is 10.3. The van der Waals surface area contributed by atoms with Gasteiger partial charge in [0.25, 0.3) is 0 Å². The molecular formula is C36H24N4. The van der Waals surface area contributed by atoms with Gasteiger partial charge in [-0.1, -0.05) is 72.8 Å². The van der Waals surface area contributed by atoms with E-state index in [2.05, 4.69) is 112 Å². The second-order valence-corrected chi connectivity index (χ2v) is 10.3. The number of nitriles is 1. The molecule has 0 spiro atoms. The van der Waals surface area contributed by atoms with Crippen molar-refractivity contribution in [3.63, 3.8) is 0 Å². The second-order valence-electron chi connectivity index (χ2n) is 10.3. The van der Waals surface area contributed by atoms with E-state index in [1.54, 1.807) is 0 Å². The van der Waals surface area contributed by atoms with E-state index < -0.39 is 0 Å². The minimum Gasteiger partial charge on any atom is -0.311 e. The zero-order valence-corrected chi connectivity index (χ0v) is 21.8. The number of benzene rings is 4. The van der Waals surface area contributed by atoms with Gasteiger partial charge in [0.15, 0.2) is 0 Å². The molecular weight excluding hydrogens is 488 g/mol. The maximum Gasteiger partial charge on any atom is 0.0998 e. The first-order valence-corrected chi connectivity index (χ1v) is 13.6. The molecule has 4 nitrogen and oxygen atoms in total. The summed E-state index contributed by atoms with van der Waals surface area (Å²) in [7, 11) is 0. The van der Waals surface area contributed by atoms with Crippen LogP contribution in [0.5, 0.6) is 0 Å². The Morgan fingerprint density at radius 3 is 2.10 bits per heavy atom. The van der Waals surface area contributed by atoms with Crippen LogP contribution in [0.3, 0.4) is 0 Å². The maximum absolute atomic E-state index is 10.3. The van der Waals surface area contributed by atoms with Gasteiger partial charge < -0.3 is 9.13 Å². The highest BCUT2D eigenvalue weighted by molar-refractivity contribution is 6.09. The van der Waals surface area contributed by atoms with Gasteiger partial charge in [-0.2, -0.15) is 5.26 Å². The van der Waals surface area contributed by atoms with Gasteiger partial charge >= 0.3 is 0 Å². The number of nitrogens with zero attached hydrogens (tertiary/aromatic N) is 4. The molecule has 0 N–H and O–H groups in total. The third kappa shape index (κ3) is 3.22. The number of para-hydroxylation sites is 3. The zero-order chi connectivity index (χ0) is 26.6. The first-order valence-electron chi connectivity index (χ1n) is 13.6. The molecule has 3 heterocycles. The summed E-state index contributed by atoms with van der Waals surface area (Å²) in [6, 6.07) is 36.2. The Labute approximate surface area is 231 Å². The van der Waals surface area contributed by atoms with Crippen LogP contribution in [0.1, 0.15) is 23.2 Å². The molecule has 7 aromatic rings. The number of pyridine rings is 1. The lowest BCUT2D eigenvalue weighted by Crippen LogP contribution is -2.04. The van der Waals surface area contributed by atoms with E-state index in [0.29, 0.717) is 5.56 Å². The number of rotatable bonds is 3. The van der Waals surface area contributed by atoms with Gasteiger partial charge in [-0.3, -0.25) is 4.98 Å². The highest BCUT2D eigenvalue weighted by Gasteiger charge is 2.21. The molecule has 0 saturated heterocycles. The van der Waals surface area contributed by atoms with Crippen molar-refractivity contribution in [1.82, 2.24) is 14.1 Å². The Kier molecular flexibility index (Phi) is 4.98. The standard InChI is InChI=1S/C36H24N4/c37-21-24-10-9-19-35(40-33-17-7-3-13-29(33)30-14-4-8-18-34(30)40)36(24)25-20-26(23-38-22-25)39-31-15-5-1-11-27(31)28-12-2-6-16-32(28)39/h1-5,7-15,17-20,22-23H,6,16H2. The van der Waals surface area contributed by atoms with Crippen LogP contribution in [0, 0.1) is 11.3 Å². The average molecular weight is 513 g/mol. The fourth-order valence-corrected chi connectivity index (χ4v) is 6.46. The third-order valence-electron chi connectivity index (χ3n) is 8.10. The molecule has 4 aromatic carbocycles. The van der Waals surface area contributed by atoms with Crippen LogP contribution in [-0.4, -0.2) is 14.1 Å². The summed E-state index contributed by atoms with van der Waals surface area (Å²) in [5.41, 5.74) is 10.4. The second kappa shape index (κ2) is 8.83. The van der Waals surface area contributed by atoms with E-state index in [1.165, 1.54) is 32.9 Å². The van der Waals surface area contributed by atoms with Crippen LogP contribution in [0.25, 0.3) is 61.3 Å². The molecule has 0 bridgehead atoms. The maximum atomic E-state index is 10.3. The van der Waals surface area contributed by atoms with Crippen molar-refractivity contribution in [1.29, 1.82) is 5.26 Å². The molecule has 188 valence electrons. The number of fused-ring (bicyclic) bond motifs is 6. The van der Waals surface area contributed by atoms with E-state index in [4.69, 9.17) is 4.98 Å². The molecule has 1 aliphatic carbocycles. The smallest absolute Gasteiger partial charge is 0.0998 e. The van der Waals surface area contributed by atoms with Gasteiger partial charge in [0, 0.05) is 44.7 Å². The van der Waals surface area contributed by atoms with E-state index in [0.717, 1.165) is 46.4 Å². The number of hydrogen-bond acceptors (Lipinski definition) is 2. The summed E-state index contributed by atoms with van der Waals surface area (Å²) >= 11 is 0. The first kappa shape index (κ1) is 22.6. The lowest BCUT2D eigenvalue weighted by Gasteiger charge is -2.17. The average Bonchev–Trinajstić information content (AvgIpc) is 3.54. The van der Waals surface area contributed by atoms with Crippen LogP contribution in [0.15, 0.2) is 116 Å². The van der Waals surface area contributed by atoms with E-state index >= 15 is 0 Å². The molecule has 0 amide bonds. The van der Waals surface area contributed by atoms with Crippen LogP contribution in [0.2, 0.25) is 0 Å². The van der Waals surface area contributed by atoms with Crippen molar-refractivity contribution in [2.45, 2.75) is 12.8 Å². The molecule has 1 aliphatic rings. The first-order chi connectivity index (χ1) is 19.8. The van der Waals surface area contributed by atoms with Crippen molar-refractivity contribution in [3.05, 3.63) is 132 Å². The van der Waals surface area contributed by atoms with Crippen molar-refractivity contribution in [3.8, 4) is 28.6 Å². The molecule has 0 aliphatic heterocycles. The van der Waals surface area contributed by atoms with Crippen molar-refractivity contribution >= 4 is 38.8 Å². The summed E-state index contributed by atoms with van der Waals surface area (Å²) in [4.78, 5) is 4.74.